The molecule has 0 unspecified atom stereocenters. The fourth-order valence-electron chi connectivity index (χ4n) is 1.79. The normalized spacial score (nSPS) is 10.2. The van der Waals surface area contributed by atoms with Gasteiger partial charge in [-0.1, -0.05) is 23.2 Å². The molecule has 0 saturated heterocycles. The van der Waals surface area contributed by atoms with E-state index in [1.54, 1.807) is 18.2 Å². The van der Waals surface area contributed by atoms with Crippen LogP contribution in [0.1, 0.15) is 10.4 Å². The Balaban J connectivity index is 2.03. The van der Waals surface area contributed by atoms with Gasteiger partial charge in [0.05, 0.1) is 27.9 Å². The number of carbonyl (C=O) groups is 2. The van der Waals surface area contributed by atoms with E-state index in [0.29, 0.717) is 26.0 Å². The molecule has 5 nitrogen and oxygen atoms in total. The number of halogens is 3. The second-order valence-corrected chi connectivity index (χ2v) is 6.30. The van der Waals surface area contributed by atoms with Gasteiger partial charge in [-0.3, -0.25) is 4.79 Å². The van der Waals surface area contributed by atoms with Crippen molar-refractivity contribution in [3.05, 3.63) is 56.5 Å². The van der Waals surface area contributed by atoms with E-state index >= 15 is 0 Å². The van der Waals surface area contributed by atoms with E-state index in [1.807, 2.05) is 0 Å². The van der Waals surface area contributed by atoms with Crippen LogP contribution in [0.5, 0.6) is 5.75 Å². The number of carbonyl (C=O) groups excluding carboxylic acids is 2. The summed E-state index contributed by atoms with van der Waals surface area (Å²) in [5, 5.41) is 3.43. The summed E-state index contributed by atoms with van der Waals surface area (Å²) < 4.78 is 10.7. The second kappa shape index (κ2) is 8.37. The Bertz CT molecular complexity index is 783. The van der Waals surface area contributed by atoms with Crippen LogP contribution < -0.4 is 10.1 Å². The molecule has 24 heavy (non-hydrogen) atoms. The number of methoxy groups -OCH3 is 1. The molecule has 0 spiro atoms. The van der Waals surface area contributed by atoms with Crippen molar-refractivity contribution < 1.29 is 19.1 Å². The third-order valence-electron chi connectivity index (χ3n) is 2.91. The summed E-state index contributed by atoms with van der Waals surface area (Å²) >= 11 is 15.2. The van der Waals surface area contributed by atoms with E-state index in [-0.39, 0.29) is 12.2 Å². The summed E-state index contributed by atoms with van der Waals surface area (Å²) in [6, 6.07) is 9.39. The Morgan fingerprint density at radius 1 is 1.17 bits per heavy atom. The minimum Gasteiger partial charge on any atom is -0.483 e. The number of benzene rings is 2. The highest BCUT2D eigenvalue weighted by atomic mass is 79.9. The van der Waals surface area contributed by atoms with Crippen molar-refractivity contribution >= 4 is 56.7 Å². The Labute approximate surface area is 157 Å². The second-order valence-electron chi connectivity index (χ2n) is 4.60. The molecule has 2 aromatic carbocycles. The average molecular weight is 433 g/mol. The number of esters is 1. The highest BCUT2D eigenvalue weighted by Crippen LogP contribution is 2.28. The zero-order chi connectivity index (χ0) is 17.7. The van der Waals surface area contributed by atoms with Crippen LogP contribution in [0.15, 0.2) is 40.9 Å². The molecule has 0 fully saturated rings. The Hall–Kier alpha value is -1.76. The molecule has 0 atom stereocenters. The quantitative estimate of drug-likeness (QED) is 0.703. The third-order valence-corrected chi connectivity index (χ3v) is 4.10. The molecule has 1 amide bonds. The van der Waals surface area contributed by atoms with Gasteiger partial charge in [-0.15, -0.1) is 0 Å². The smallest absolute Gasteiger partial charge is 0.337 e. The predicted octanol–water partition coefficient (Wildman–Crippen LogP) is 4.56. The molecule has 0 aliphatic carbocycles. The summed E-state index contributed by atoms with van der Waals surface area (Å²) in [6.45, 7) is -0.237. The van der Waals surface area contributed by atoms with Gasteiger partial charge in [0, 0.05) is 5.02 Å². The number of nitrogens with one attached hydrogen (secondary N) is 1. The molecular formula is C16H12BrCl2NO4. The van der Waals surface area contributed by atoms with Gasteiger partial charge < -0.3 is 14.8 Å². The van der Waals surface area contributed by atoms with Gasteiger partial charge in [0.15, 0.2) is 6.61 Å². The summed E-state index contributed by atoms with van der Waals surface area (Å²) in [6.07, 6.45) is 0. The first kappa shape index (κ1) is 18.6. The molecule has 0 saturated carbocycles. The van der Waals surface area contributed by atoms with Crippen molar-refractivity contribution in [1.82, 2.24) is 0 Å². The Morgan fingerprint density at radius 3 is 2.58 bits per heavy atom. The molecular weight excluding hydrogens is 421 g/mol. The van der Waals surface area contributed by atoms with Crippen molar-refractivity contribution in [2.45, 2.75) is 0 Å². The maximum Gasteiger partial charge on any atom is 0.337 e. The predicted molar refractivity (Wildman–Crippen MR) is 96.1 cm³/mol. The number of amides is 1. The van der Waals surface area contributed by atoms with Gasteiger partial charge >= 0.3 is 5.97 Å². The molecule has 0 bridgehead atoms. The monoisotopic (exact) mass is 431 g/mol. The lowest BCUT2D eigenvalue weighted by Gasteiger charge is -2.11. The fourth-order valence-corrected chi connectivity index (χ4v) is 2.75. The molecule has 0 aliphatic rings. The minimum atomic E-state index is -0.525. The maximum atomic E-state index is 12.0. The molecule has 0 aromatic heterocycles. The van der Waals surface area contributed by atoms with E-state index in [9.17, 15) is 9.59 Å². The van der Waals surface area contributed by atoms with Crippen LogP contribution in [0.4, 0.5) is 5.69 Å². The summed E-state index contributed by atoms with van der Waals surface area (Å²) in [4.78, 5) is 23.5. The fraction of sp³-hybridized carbons (Fsp3) is 0.125. The van der Waals surface area contributed by atoms with E-state index in [4.69, 9.17) is 27.9 Å². The molecule has 8 heteroatoms. The van der Waals surface area contributed by atoms with Crippen molar-refractivity contribution in [2.24, 2.45) is 0 Å². The van der Waals surface area contributed by atoms with Crippen LogP contribution >= 0.6 is 39.1 Å². The molecule has 0 heterocycles. The van der Waals surface area contributed by atoms with Gasteiger partial charge in [-0.05, 0) is 52.3 Å². The van der Waals surface area contributed by atoms with Crippen LogP contribution in [0, 0.1) is 0 Å². The Morgan fingerprint density at radius 2 is 1.92 bits per heavy atom. The topological polar surface area (TPSA) is 64.6 Å². The zero-order valence-electron chi connectivity index (χ0n) is 12.4. The first-order valence-electron chi connectivity index (χ1n) is 6.66. The lowest BCUT2D eigenvalue weighted by Crippen LogP contribution is -2.20. The van der Waals surface area contributed by atoms with Crippen LogP contribution in [0.3, 0.4) is 0 Å². The minimum absolute atomic E-state index is 0.237. The number of hydrogen-bond acceptors (Lipinski definition) is 4. The van der Waals surface area contributed by atoms with Crippen LogP contribution in [0.2, 0.25) is 10.0 Å². The van der Waals surface area contributed by atoms with Crippen LogP contribution in [-0.4, -0.2) is 25.6 Å². The lowest BCUT2D eigenvalue weighted by atomic mass is 10.2. The maximum absolute atomic E-state index is 12.0. The first-order chi connectivity index (χ1) is 11.4. The van der Waals surface area contributed by atoms with Gasteiger partial charge in [-0.2, -0.15) is 0 Å². The van der Waals surface area contributed by atoms with Gasteiger partial charge in [-0.25, -0.2) is 4.79 Å². The van der Waals surface area contributed by atoms with E-state index < -0.39 is 11.9 Å². The van der Waals surface area contributed by atoms with Gasteiger partial charge in [0.1, 0.15) is 5.75 Å². The molecule has 1 N–H and O–H groups in total. The van der Waals surface area contributed by atoms with E-state index in [2.05, 4.69) is 26.0 Å². The van der Waals surface area contributed by atoms with Crippen molar-refractivity contribution in [1.29, 1.82) is 0 Å². The highest BCUT2D eigenvalue weighted by Gasteiger charge is 2.12. The van der Waals surface area contributed by atoms with E-state index in [1.165, 1.54) is 25.3 Å². The third kappa shape index (κ3) is 4.87. The summed E-state index contributed by atoms with van der Waals surface area (Å²) in [7, 11) is 1.27. The van der Waals surface area contributed by atoms with Crippen molar-refractivity contribution in [2.75, 3.05) is 19.0 Å². The number of anilines is 1. The van der Waals surface area contributed by atoms with Crippen LogP contribution in [-0.2, 0) is 9.53 Å². The number of ether oxygens (including phenoxy) is 2. The zero-order valence-corrected chi connectivity index (χ0v) is 15.5. The lowest BCUT2D eigenvalue weighted by molar-refractivity contribution is -0.118. The highest BCUT2D eigenvalue weighted by molar-refractivity contribution is 9.10. The van der Waals surface area contributed by atoms with Crippen LogP contribution in [0.25, 0.3) is 0 Å². The Kier molecular flexibility index (Phi) is 6.48. The number of hydrogen-bond donors (Lipinski definition) is 1. The average Bonchev–Trinajstić information content (AvgIpc) is 2.55. The SMILES string of the molecule is COC(=O)c1ccc(Cl)c(NC(=O)COc2ccc(Cl)cc2Br)c1. The summed E-state index contributed by atoms with van der Waals surface area (Å²) in [5.41, 5.74) is 0.571. The molecule has 0 radical (unpaired) electrons. The molecule has 2 aromatic rings. The van der Waals surface area contributed by atoms with Gasteiger partial charge in [0.2, 0.25) is 0 Å². The molecule has 0 aliphatic heterocycles. The first-order valence-corrected chi connectivity index (χ1v) is 8.21. The molecule has 126 valence electrons. The number of rotatable bonds is 5. The largest absolute Gasteiger partial charge is 0.483 e. The van der Waals surface area contributed by atoms with Crippen molar-refractivity contribution in [3.8, 4) is 5.75 Å². The molecule has 2 rings (SSSR count). The van der Waals surface area contributed by atoms with E-state index in [0.717, 1.165) is 0 Å². The standard InChI is InChI=1S/C16H12BrCl2NO4/c1-23-16(22)9-2-4-12(19)13(6-9)20-15(21)8-24-14-5-3-10(18)7-11(14)17/h2-7H,8H2,1H3,(H,20,21). The van der Waals surface area contributed by atoms with Gasteiger partial charge in [0.25, 0.3) is 5.91 Å². The van der Waals surface area contributed by atoms with Crippen molar-refractivity contribution in [3.63, 3.8) is 0 Å². The summed E-state index contributed by atoms with van der Waals surface area (Å²) in [5.74, 6) is -0.478.